The molecule has 1 saturated heterocycles. The van der Waals surface area contributed by atoms with E-state index in [1.54, 1.807) is 30.3 Å². The van der Waals surface area contributed by atoms with Gasteiger partial charge in [0.05, 0.1) is 15.6 Å². The van der Waals surface area contributed by atoms with Crippen LogP contribution in [0.3, 0.4) is 0 Å². The number of halogens is 2. The second kappa shape index (κ2) is 8.87. The van der Waals surface area contributed by atoms with Crippen LogP contribution in [0, 0.1) is 11.3 Å². The van der Waals surface area contributed by atoms with Crippen LogP contribution in [0.15, 0.2) is 54.7 Å². The number of para-hydroxylation sites is 1. The summed E-state index contributed by atoms with van der Waals surface area (Å²) in [6.07, 6.45) is 1.69. The molecule has 2 heterocycles. The maximum Gasteiger partial charge on any atom is 0.248 e. The van der Waals surface area contributed by atoms with Gasteiger partial charge in [0.1, 0.15) is 17.6 Å². The summed E-state index contributed by atoms with van der Waals surface area (Å²) in [4.78, 5) is 29.9. The third-order valence-corrected chi connectivity index (χ3v) is 5.77. The average Bonchev–Trinajstić information content (AvgIpc) is 3.18. The fourth-order valence-electron chi connectivity index (χ4n) is 3.53. The first-order valence-electron chi connectivity index (χ1n) is 9.59. The van der Waals surface area contributed by atoms with Gasteiger partial charge in [-0.3, -0.25) is 14.5 Å². The molecule has 2 amide bonds. The first-order valence-corrected chi connectivity index (χ1v) is 10.3. The van der Waals surface area contributed by atoms with E-state index in [9.17, 15) is 14.9 Å². The van der Waals surface area contributed by atoms with E-state index < -0.39 is 5.91 Å². The van der Waals surface area contributed by atoms with Crippen molar-refractivity contribution in [2.45, 2.75) is 12.3 Å². The highest BCUT2D eigenvalue weighted by Gasteiger charge is 2.33. The molecule has 1 aliphatic heterocycles. The Kier molecular flexibility index (Phi) is 5.99. The fourth-order valence-corrected chi connectivity index (χ4v) is 3.90. The van der Waals surface area contributed by atoms with Gasteiger partial charge in [-0.05, 0) is 42.0 Å². The number of nitrogens with zero attached hydrogens (tertiary/aromatic N) is 3. The monoisotopic (exact) mass is 466 g/mol. The van der Waals surface area contributed by atoms with E-state index in [0.717, 1.165) is 5.56 Å². The van der Waals surface area contributed by atoms with E-state index in [-0.39, 0.29) is 40.1 Å². The van der Waals surface area contributed by atoms with Crippen molar-refractivity contribution in [2.24, 2.45) is 5.73 Å². The lowest BCUT2D eigenvalue weighted by Gasteiger charge is -2.17. The standard InChI is InChI=1S/C23H16Cl2N4O3/c24-17-5-4-13(8-19(17)32-22-15(11-26)2-1-3-18(22)25)16-10-21(30)29(12-16)20-9-14(23(27)31)6-7-28-20/h1-9,16H,10,12H2,(H2,27,31)/t16-/m0/s1. The van der Waals surface area contributed by atoms with Gasteiger partial charge >= 0.3 is 0 Å². The summed E-state index contributed by atoms with van der Waals surface area (Å²) >= 11 is 12.5. The van der Waals surface area contributed by atoms with Crippen molar-refractivity contribution < 1.29 is 14.3 Å². The Morgan fingerprint density at radius 3 is 2.75 bits per heavy atom. The highest BCUT2D eigenvalue weighted by molar-refractivity contribution is 6.33. The van der Waals surface area contributed by atoms with E-state index in [2.05, 4.69) is 4.98 Å². The molecule has 1 aliphatic rings. The van der Waals surface area contributed by atoms with Crippen LogP contribution in [0.2, 0.25) is 10.0 Å². The summed E-state index contributed by atoms with van der Waals surface area (Å²) in [6.45, 7) is 0.366. The highest BCUT2D eigenvalue weighted by atomic mass is 35.5. The van der Waals surface area contributed by atoms with Crippen LogP contribution in [0.1, 0.15) is 33.8 Å². The second-order valence-corrected chi connectivity index (χ2v) is 8.01. The summed E-state index contributed by atoms with van der Waals surface area (Å²) in [6, 6.07) is 15.2. The predicted molar refractivity (Wildman–Crippen MR) is 120 cm³/mol. The van der Waals surface area contributed by atoms with Gasteiger partial charge in [0.2, 0.25) is 11.8 Å². The molecule has 160 valence electrons. The zero-order valence-corrected chi connectivity index (χ0v) is 18.1. The molecule has 1 aromatic heterocycles. The number of nitriles is 1. The lowest BCUT2D eigenvalue weighted by atomic mass is 9.98. The topological polar surface area (TPSA) is 109 Å². The van der Waals surface area contributed by atoms with Crippen molar-refractivity contribution in [1.82, 2.24) is 4.98 Å². The largest absolute Gasteiger partial charge is 0.453 e. The molecule has 1 atom stereocenters. The van der Waals surface area contributed by atoms with E-state index in [0.29, 0.717) is 23.1 Å². The Morgan fingerprint density at radius 1 is 1.19 bits per heavy atom. The first kappa shape index (κ1) is 21.6. The van der Waals surface area contributed by atoms with Crippen LogP contribution in [-0.2, 0) is 4.79 Å². The third kappa shape index (κ3) is 4.24. The lowest BCUT2D eigenvalue weighted by Crippen LogP contribution is -2.26. The summed E-state index contributed by atoms with van der Waals surface area (Å²) < 4.78 is 5.89. The normalized spacial score (nSPS) is 15.5. The Morgan fingerprint density at radius 2 is 2.00 bits per heavy atom. The molecular weight excluding hydrogens is 451 g/mol. The van der Waals surface area contributed by atoms with Gasteiger partial charge in [-0.2, -0.15) is 5.26 Å². The number of nitrogens with two attached hydrogens (primary N) is 1. The second-order valence-electron chi connectivity index (χ2n) is 7.19. The smallest absolute Gasteiger partial charge is 0.248 e. The lowest BCUT2D eigenvalue weighted by molar-refractivity contribution is -0.117. The quantitative estimate of drug-likeness (QED) is 0.587. The fraction of sp³-hybridized carbons (Fsp3) is 0.130. The zero-order chi connectivity index (χ0) is 22.8. The number of ether oxygens (including phenoxy) is 1. The first-order chi connectivity index (χ1) is 15.4. The number of hydrogen-bond donors (Lipinski definition) is 1. The van der Waals surface area contributed by atoms with Gasteiger partial charge in [0.25, 0.3) is 0 Å². The molecule has 0 unspecified atom stereocenters. The minimum atomic E-state index is -0.590. The maximum atomic E-state index is 12.7. The van der Waals surface area contributed by atoms with Crippen LogP contribution >= 0.6 is 23.2 Å². The Labute approximate surface area is 193 Å². The number of carbonyl (C=O) groups is 2. The molecule has 0 spiro atoms. The molecule has 0 bridgehead atoms. The van der Waals surface area contributed by atoms with E-state index in [1.165, 1.54) is 23.2 Å². The van der Waals surface area contributed by atoms with Crippen molar-refractivity contribution in [3.63, 3.8) is 0 Å². The minimum Gasteiger partial charge on any atom is -0.453 e. The summed E-state index contributed by atoms with van der Waals surface area (Å²) in [5.74, 6) is 0.0460. The molecule has 1 fully saturated rings. The zero-order valence-electron chi connectivity index (χ0n) is 16.6. The average molecular weight is 467 g/mol. The number of carbonyl (C=O) groups excluding carboxylic acids is 2. The number of pyridine rings is 1. The van der Waals surface area contributed by atoms with E-state index >= 15 is 0 Å². The van der Waals surface area contributed by atoms with Gasteiger partial charge in [-0.25, -0.2) is 4.98 Å². The molecular formula is C23H16Cl2N4O3. The number of benzene rings is 2. The molecule has 2 aromatic carbocycles. The van der Waals surface area contributed by atoms with Gasteiger partial charge in [-0.15, -0.1) is 0 Å². The molecule has 32 heavy (non-hydrogen) atoms. The SMILES string of the molecule is N#Cc1cccc(Cl)c1Oc1cc([C@H]2CC(=O)N(c3cc(C(N)=O)ccn3)C2)ccc1Cl. The summed E-state index contributed by atoms with van der Waals surface area (Å²) in [7, 11) is 0. The summed E-state index contributed by atoms with van der Waals surface area (Å²) in [5.41, 5.74) is 6.72. The molecule has 7 nitrogen and oxygen atoms in total. The van der Waals surface area contributed by atoms with Gasteiger partial charge in [-0.1, -0.05) is 35.3 Å². The molecule has 0 radical (unpaired) electrons. The van der Waals surface area contributed by atoms with Gasteiger partial charge in [0, 0.05) is 30.6 Å². The number of aromatic nitrogens is 1. The molecule has 0 saturated carbocycles. The maximum absolute atomic E-state index is 12.7. The van der Waals surface area contributed by atoms with Crippen molar-refractivity contribution in [1.29, 1.82) is 5.26 Å². The van der Waals surface area contributed by atoms with Gasteiger partial charge < -0.3 is 10.5 Å². The van der Waals surface area contributed by atoms with Crippen LogP contribution in [0.25, 0.3) is 0 Å². The van der Waals surface area contributed by atoms with Crippen LogP contribution in [0.4, 0.5) is 5.82 Å². The van der Waals surface area contributed by atoms with E-state index in [4.69, 9.17) is 33.7 Å². The Hall–Kier alpha value is -3.60. The predicted octanol–water partition coefficient (Wildman–Crippen LogP) is 4.67. The van der Waals surface area contributed by atoms with Gasteiger partial charge in [0.15, 0.2) is 5.75 Å². The summed E-state index contributed by atoms with van der Waals surface area (Å²) in [5, 5.41) is 9.97. The minimum absolute atomic E-state index is 0.126. The van der Waals surface area contributed by atoms with E-state index in [1.807, 2.05) is 12.1 Å². The highest BCUT2D eigenvalue weighted by Crippen LogP contribution is 2.39. The van der Waals surface area contributed by atoms with Crippen molar-refractivity contribution in [3.05, 3.63) is 81.5 Å². The number of rotatable bonds is 5. The molecule has 0 aliphatic carbocycles. The number of anilines is 1. The molecule has 4 rings (SSSR count). The van der Waals surface area contributed by atoms with Crippen LogP contribution < -0.4 is 15.4 Å². The van der Waals surface area contributed by atoms with Crippen LogP contribution in [-0.4, -0.2) is 23.3 Å². The third-order valence-electron chi connectivity index (χ3n) is 5.16. The van der Waals surface area contributed by atoms with Crippen molar-refractivity contribution in [3.8, 4) is 17.6 Å². The van der Waals surface area contributed by atoms with Crippen LogP contribution in [0.5, 0.6) is 11.5 Å². The number of primary amides is 1. The Bertz CT molecular complexity index is 1270. The molecule has 2 N–H and O–H groups in total. The molecule has 9 heteroatoms. The number of amides is 2. The number of hydrogen-bond acceptors (Lipinski definition) is 5. The van der Waals surface area contributed by atoms with Crippen molar-refractivity contribution in [2.75, 3.05) is 11.4 Å². The Balaban J connectivity index is 1.61. The molecule has 3 aromatic rings. The van der Waals surface area contributed by atoms with Crippen molar-refractivity contribution >= 4 is 40.8 Å².